The molecule has 120 valence electrons. The molecule has 1 saturated heterocycles. The van der Waals surface area contributed by atoms with E-state index < -0.39 is 12.0 Å². The van der Waals surface area contributed by atoms with Gasteiger partial charge >= 0.3 is 5.97 Å². The summed E-state index contributed by atoms with van der Waals surface area (Å²) in [6.45, 7) is 2.56. The molecule has 0 saturated carbocycles. The number of halogens is 1. The predicted molar refractivity (Wildman–Crippen MR) is 86.9 cm³/mol. The van der Waals surface area contributed by atoms with Crippen LogP contribution in [0.1, 0.15) is 5.56 Å². The van der Waals surface area contributed by atoms with Gasteiger partial charge in [0, 0.05) is 31.9 Å². The second-order valence-corrected chi connectivity index (χ2v) is 5.74. The average molecular weight is 314 g/mol. The van der Waals surface area contributed by atoms with Crippen molar-refractivity contribution in [2.75, 3.05) is 24.5 Å². The Morgan fingerprint density at radius 2 is 1.78 bits per heavy atom. The Hall–Kier alpha value is -2.40. The van der Waals surface area contributed by atoms with Crippen molar-refractivity contribution in [1.29, 1.82) is 0 Å². The molecule has 2 aromatic rings. The fraction of sp³-hybridized carbons (Fsp3) is 0.278. The molecule has 1 N–H and O–H groups in total. The van der Waals surface area contributed by atoms with Gasteiger partial charge < -0.3 is 10.0 Å². The molecule has 1 aliphatic rings. The van der Waals surface area contributed by atoms with E-state index in [0.29, 0.717) is 13.1 Å². The first-order valence-corrected chi connectivity index (χ1v) is 7.65. The van der Waals surface area contributed by atoms with Crippen LogP contribution in [0.3, 0.4) is 0 Å². The molecule has 0 radical (unpaired) electrons. The van der Waals surface area contributed by atoms with Crippen LogP contribution in [0.5, 0.6) is 0 Å². The highest BCUT2D eigenvalue weighted by atomic mass is 19.1. The monoisotopic (exact) mass is 314 g/mol. The molecule has 1 unspecified atom stereocenters. The summed E-state index contributed by atoms with van der Waals surface area (Å²) >= 11 is 0. The van der Waals surface area contributed by atoms with Crippen molar-refractivity contribution in [2.45, 2.75) is 12.6 Å². The molecule has 23 heavy (non-hydrogen) atoms. The topological polar surface area (TPSA) is 43.8 Å². The molecule has 0 spiro atoms. The second-order valence-electron chi connectivity index (χ2n) is 5.74. The molecule has 1 heterocycles. The smallest absolute Gasteiger partial charge is 0.327 e. The summed E-state index contributed by atoms with van der Waals surface area (Å²) in [7, 11) is 0. The lowest BCUT2D eigenvalue weighted by atomic mass is 10.1. The molecular formula is C18H19FN2O2. The van der Waals surface area contributed by atoms with E-state index in [4.69, 9.17) is 0 Å². The number of hydrogen-bond acceptors (Lipinski definition) is 3. The summed E-state index contributed by atoms with van der Waals surface area (Å²) in [6, 6.07) is 15.4. The van der Waals surface area contributed by atoms with E-state index in [9.17, 15) is 14.3 Å². The number of carboxylic acid groups (broad SMARTS) is 1. The Morgan fingerprint density at radius 1 is 1.09 bits per heavy atom. The van der Waals surface area contributed by atoms with Crippen LogP contribution in [0.15, 0.2) is 54.6 Å². The highest BCUT2D eigenvalue weighted by Crippen LogP contribution is 2.22. The summed E-state index contributed by atoms with van der Waals surface area (Å²) in [5.41, 5.74) is 1.92. The van der Waals surface area contributed by atoms with Gasteiger partial charge in [-0.15, -0.1) is 0 Å². The van der Waals surface area contributed by atoms with Crippen LogP contribution < -0.4 is 4.90 Å². The molecule has 0 aromatic heterocycles. The molecule has 0 bridgehead atoms. The third-order valence-corrected chi connectivity index (χ3v) is 4.16. The summed E-state index contributed by atoms with van der Waals surface area (Å²) in [6.07, 6.45) is 0. The molecule has 4 nitrogen and oxygen atoms in total. The number of benzene rings is 2. The van der Waals surface area contributed by atoms with Gasteiger partial charge in [0.1, 0.15) is 11.9 Å². The zero-order valence-electron chi connectivity index (χ0n) is 12.7. The minimum atomic E-state index is -0.855. The minimum Gasteiger partial charge on any atom is -0.480 e. The van der Waals surface area contributed by atoms with Gasteiger partial charge in [-0.25, -0.2) is 9.18 Å². The van der Waals surface area contributed by atoms with E-state index >= 15 is 0 Å². The highest BCUT2D eigenvalue weighted by molar-refractivity contribution is 5.79. The zero-order valence-corrected chi connectivity index (χ0v) is 12.7. The lowest BCUT2D eigenvalue weighted by Crippen LogP contribution is -2.56. The number of rotatable bonds is 4. The number of hydrogen-bond donors (Lipinski definition) is 1. The number of nitrogens with zero attached hydrogens (tertiary/aromatic N) is 2. The Labute approximate surface area is 134 Å². The number of carboxylic acids is 1. The molecule has 1 atom stereocenters. The molecule has 5 heteroatoms. The van der Waals surface area contributed by atoms with E-state index in [-0.39, 0.29) is 5.82 Å². The number of aliphatic carboxylic acids is 1. The predicted octanol–water partition coefficient (Wildman–Crippen LogP) is 2.60. The van der Waals surface area contributed by atoms with Crippen LogP contribution in [0.2, 0.25) is 0 Å². The first-order valence-electron chi connectivity index (χ1n) is 7.65. The van der Waals surface area contributed by atoms with Crippen molar-refractivity contribution in [3.63, 3.8) is 0 Å². The average Bonchev–Trinajstić information content (AvgIpc) is 2.56. The summed E-state index contributed by atoms with van der Waals surface area (Å²) in [5, 5.41) is 9.57. The third kappa shape index (κ3) is 3.68. The Balaban J connectivity index is 1.73. The van der Waals surface area contributed by atoms with Crippen LogP contribution in [-0.2, 0) is 11.3 Å². The lowest BCUT2D eigenvalue weighted by Gasteiger charge is -2.40. The molecule has 0 amide bonds. The molecule has 0 aliphatic carbocycles. The summed E-state index contributed by atoms with van der Waals surface area (Å²) < 4.78 is 13.1. The van der Waals surface area contributed by atoms with Gasteiger partial charge in [-0.3, -0.25) is 4.90 Å². The number of carbonyl (C=O) groups is 1. The molecule has 1 fully saturated rings. The van der Waals surface area contributed by atoms with Crippen molar-refractivity contribution in [2.24, 2.45) is 0 Å². The third-order valence-electron chi connectivity index (χ3n) is 4.16. The summed E-state index contributed by atoms with van der Waals surface area (Å²) in [4.78, 5) is 15.6. The van der Waals surface area contributed by atoms with Gasteiger partial charge in [0.15, 0.2) is 0 Å². The first-order chi connectivity index (χ1) is 11.1. The van der Waals surface area contributed by atoms with Crippen molar-refractivity contribution in [3.05, 3.63) is 66.0 Å². The van der Waals surface area contributed by atoms with Crippen molar-refractivity contribution in [1.82, 2.24) is 4.90 Å². The van der Waals surface area contributed by atoms with Crippen LogP contribution in [-0.4, -0.2) is 41.7 Å². The SMILES string of the molecule is O=C(O)C1CN(Cc2ccccc2)CCN1c1ccc(F)cc1. The maximum Gasteiger partial charge on any atom is 0.327 e. The second kappa shape index (κ2) is 6.79. The van der Waals surface area contributed by atoms with Gasteiger partial charge in [-0.2, -0.15) is 0 Å². The number of anilines is 1. The van der Waals surface area contributed by atoms with E-state index in [0.717, 1.165) is 18.8 Å². The van der Waals surface area contributed by atoms with Gasteiger partial charge in [0.2, 0.25) is 0 Å². The van der Waals surface area contributed by atoms with Gasteiger partial charge in [-0.1, -0.05) is 30.3 Å². The molecule has 2 aromatic carbocycles. The normalized spacial score (nSPS) is 18.8. The van der Waals surface area contributed by atoms with Crippen LogP contribution in [0.25, 0.3) is 0 Å². The fourth-order valence-corrected chi connectivity index (χ4v) is 2.98. The zero-order chi connectivity index (χ0) is 16.2. The molecule has 1 aliphatic heterocycles. The first kappa shape index (κ1) is 15.5. The van der Waals surface area contributed by atoms with E-state index in [2.05, 4.69) is 4.90 Å². The number of piperazine rings is 1. The Kier molecular flexibility index (Phi) is 4.57. The quantitative estimate of drug-likeness (QED) is 0.942. The molecule has 3 rings (SSSR count). The van der Waals surface area contributed by atoms with Crippen LogP contribution in [0.4, 0.5) is 10.1 Å². The lowest BCUT2D eigenvalue weighted by molar-refractivity contribution is -0.139. The fourth-order valence-electron chi connectivity index (χ4n) is 2.98. The van der Waals surface area contributed by atoms with E-state index in [1.54, 1.807) is 12.1 Å². The van der Waals surface area contributed by atoms with Gasteiger partial charge in [0.25, 0.3) is 0 Å². The van der Waals surface area contributed by atoms with Crippen LogP contribution >= 0.6 is 0 Å². The van der Waals surface area contributed by atoms with E-state index in [1.807, 2.05) is 35.2 Å². The maximum atomic E-state index is 13.1. The van der Waals surface area contributed by atoms with Crippen molar-refractivity contribution < 1.29 is 14.3 Å². The Bertz CT molecular complexity index is 660. The highest BCUT2D eigenvalue weighted by Gasteiger charge is 2.32. The molecular weight excluding hydrogens is 295 g/mol. The van der Waals surface area contributed by atoms with E-state index in [1.165, 1.54) is 17.7 Å². The van der Waals surface area contributed by atoms with Crippen LogP contribution in [0, 0.1) is 5.82 Å². The van der Waals surface area contributed by atoms with Gasteiger partial charge in [0.05, 0.1) is 0 Å². The van der Waals surface area contributed by atoms with Crippen molar-refractivity contribution in [3.8, 4) is 0 Å². The van der Waals surface area contributed by atoms with Crippen molar-refractivity contribution >= 4 is 11.7 Å². The Morgan fingerprint density at radius 3 is 2.43 bits per heavy atom. The minimum absolute atomic E-state index is 0.316. The summed E-state index contributed by atoms with van der Waals surface area (Å²) in [5.74, 6) is -1.17. The maximum absolute atomic E-state index is 13.1. The van der Waals surface area contributed by atoms with Gasteiger partial charge in [-0.05, 0) is 29.8 Å². The standard InChI is InChI=1S/C18H19FN2O2/c19-15-6-8-16(9-7-15)21-11-10-20(13-17(21)18(22)23)12-14-4-2-1-3-5-14/h1-9,17H,10-13H2,(H,22,23). The largest absolute Gasteiger partial charge is 0.480 e.